The predicted octanol–water partition coefficient (Wildman–Crippen LogP) is 3.39. The van der Waals surface area contributed by atoms with Crippen LogP contribution in [0.3, 0.4) is 0 Å². The summed E-state index contributed by atoms with van der Waals surface area (Å²) in [7, 11) is 0. The number of carbonyl (C=O) groups excluding carboxylic acids is 1. The lowest BCUT2D eigenvalue weighted by molar-refractivity contribution is -0.385. The van der Waals surface area contributed by atoms with Gasteiger partial charge in [-0.3, -0.25) is 14.9 Å². The number of Topliss-reactive ketones (excluding diaryl/α,β-unsaturated/α-hetero) is 1. The van der Waals surface area contributed by atoms with Crippen LogP contribution in [0.25, 0.3) is 0 Å². The molecule has 0 N–H and O–H groups in total. The van der Waals surface area contributed by atoms with Gasteiger partial charge in [0.25, 0.3) is 0 Å². The average Bonchev–Trinajstić information content (AvgIpc) is 2.87. The van der Waals surface area contributed by atoms with Gasteiger partial charge < -0.3 is 4.74 Å². The van der Waals surface area contributed by atoms with E-state index in [0.717, 1.165) is 5.56 Å². The molecule has 0 bridgehead atoms. The lowest BCUT2D eigenvalue weighted by Crippen LogP contribution is -1.95. The molecule has 2 aromatic carbocycles. The van der Waals surface area contributed by atoms with Crippen LogP contribution >= 0.6 is 0 Å². The summed E-state index contributed by atoms with van der Waals surface area (Å²) in [6, 6.07) is 10.8. The van der Waals surface area contributed by atoms with Crippen molar-refractivity contribution in [1.29, 1.82) is 5.26 Å². The van der Waals surface area contributed by atoms with Gasteiger partial charge in [0.05, 0.1) is 16.6 Å². The van der Waals surface area contributed by atoms with Crippen LogP contribution in [0.15, 0.2) is 36.4 Å². The second kappa shape index (κ2) is 5.30. The highest BCUT2D eigenvalue weighted by molar-refractivity contribution is 6.00. The number of nitro groups is 1. The van der Waals surface area contributed by atoms with Gasteiger partial charge in [0.1, 0.15) is 5.75 Å². The summed E-state index contributed by atoms with van der Waals surface area (Å²) < 4.78 is 5.57. The molecule has 0 spiro atoms. The van der Waals surface area contributed by atoms with Crippen molar-refractivity contribution in [3.63, 3.8) is 0 Å². The van der Waals surface area contributed by atoms with Crippen LogP contribution in [0, 0.1) is 21.4 Å². The summed E-state index contributed by atoms with van der Waals surface area (Å²) in [5.74, 6) is 0.513. The fourth-order valence-corrected chi connectivity index (χ4v) is 2.44. The van der Waals surface area contributed by atoms with E-state index < -0.39 is 4.92 Å². The Hall–Kier alpha value is -3.20. The predicted molar refractivity (Wildman–Crippen MR) is 77.0 cm³/mol. The summed E-state index contributed by atoms with van der Waals surface area (Å²) in [6.45, 7) is 0. The van der Waals surface area contributed by atoms with Crippen LogP contribution in [0.1, 0.15) is 27.9 Å². The normalized spacial score (nSPS) is 12.6. The van der Waals surface area contributed by atoms with Crippen molar-refractivity contribution in [3.8, 4) is 17.6 Å². The number of carbonyl (C=O) groups is 1. The topological polar surface area (TPSA) is 93.2 Å². The molecular formula is C16H10N2O4. The number of benzene rings is 2. The molecule has 108 valence electrons. The number of rotatable bonds is 3. The van der Waals surface area contributed by atoms with Gasteiger partial charge in [-0.15, -0.1) is 0 Å². The molecule has 0 radical (unpaired) electrons. The molecule has 2 aromatic rings. The molecule has 1 aliphatic carbocycles. The Kier molecular flexibility index (Phi) is 3.31. The first-order valence-electron chi connectivity index (χ1n) is 6.61. The first-order valence-corrected chi connectivity index (χ1v) is 6.61. The Balaban J connectivity index is 1.98. The summed E-state index contributed by atoms with van der Waals surface area (Å²) in [5.41, 5.74) is 1.61. The number of fused-ring (bicyclic) bond motifs is 1. The minimum absolute atomic E-state index is 0.00771. The number of ketones is 1. The van der Waals surface area contributed by atoms with E-state index >= 15 is 0 Å². The lowest BCUT2D eigenvalue weighted by Gasteiger charge is -2.08. The molecule has 6 heteroatoms. The summed E-state index contributed by atoms with van der Waals surface area (Å²) in [5, 5.41) is 19.9. The first kappa shape index (κ1) is 13.8. The fraction of sp³-hybridized carbons (Fsp3) is 0.125. The maximum Gasteiger partial charge on any atom is 0.311 e. The minimum atomic E-state index is -0.562. The molecule has 6 nitrogen and oxygen atoms in total. The van der Waals surface area contributed by atoms with Crippen molar-refractivity contribution >= 4 is 11.5 Å². The van der Waals surface area contributed by atoms with Gasteiger partial charge >= 0.3 is 5.69 Å². The number of nitrogens with zero attached hydrogens (tertiary/aromatic N) is 2. The van der Waals surface area contributed by atoms with Crippen LogP contribution in [-0.2, 0) is 6.42 Å². The van der Waals surface area contributed by atoms with Gasteiger partial charge in [-0.25, -0.2) is 0 Å². The average molecular weight is 294 g/mol. The molecule has 22 heavy (non-hydrogen) atoms. The second-order valence-electron chi connectivity index (χ2n) is 4.90. The van der Waals surface area contributed by atoms with Crippen molar-refractivity contribution in [2.24, 2.45) is 0 Å². The van der Waals surface area contributed by atoms with E-state index in [4.69, 9.17) is 10.00 Å². The molecule has 0 aromatic heterocycles. The van der Waals surface area contributed by atoms with Crippen LogP contribution in [-0.4, -0.2) is 10.7 Å². The number of nitriles is 1. The zero-order chi connectivity index (χ0) is 15.7. The van der Waals surface area contributed by atoms with Gasteiger partial charge in [0, 0.05) is 24.1 Å². The number of hydrogen-bond acceptors (Lipinski definition) is 5. The van der Waals surface area contributed by atoms with Crippen molar-refractivity contribution in [1.82, 2.24) is 0 Å². The van der Waals surface area contributed by atoms with E-state index in [1.165, 1.54) is 18.2 Å². The van der Waals surface area contributed by atoms with Crippen molar-refractivity contribution < 1.29 is 14.5 Å². The van der Waals surface area contributed by atoms with E-state index in [2.05, 4.69) is 0 Å². The molecule has 0 heterocycles. The molecule has 1 aliphatic rings. The Bertz CT molecular complexity index is 837. The maximum atomic E-state index is 11.6. The summed E-state index contributed by atoms with van der Waals surface area (Å²) in [4.78, 5) is 22.1. The third kappa shape index (κ3) is 2.40. The van der Waals surface area contributed by atoms with Crippen LogP contribution in [0.4, 0.5) is 5.69 Å². The summed E-state index contributed by atoms with van der Waals surface area (Å²) >= 11 is 0. The molecule has 3 rings (SSSR count). The van der Waals surface area contributed by atoms with Crippen molar-refractivity contribution in [3.05, 3.63) is 63.2 Å². The molecule has 0 saturated heterocycles. The Morgan fingerprint density at radius 1 is 1.18 bits per heavy atom. The van der Waals surface area contributed by atoms with Gasteiger partial charge in [0.2, 0.25) is 5.75 Å². The highest BCUT2D eigenvalue weighted by Crippen LogP contribution is 2.34. The third-order valence-electron chi connectivity index (χ3n) is 3.51. The molecule has 0 unspecified atom stereocenters. The zero-order valence-corrected chi connectivity index (χ0v) is 11.4. The minimum Gasteiger partial charge on any atom is -0.450 e. The molecule has 0 saturated carbocycles. The standard InChI is InChI=1S/C16H10N2O4/c17-9-10-1-5-14(18(20)21)16(7-10)22-12-3-4-13-11(8-12)2-6-15(13)19/h1,3-5,7-8H,2,6H2. The smallest absolute Gasteiger partial charge is 0.311 e. The molecular weight excluding hydrogens is 284 g/mol. The van der Waals surface area contributed by atoms with E-state index in [9.17, 15) is 14.9 Å². The van der Waals surface area contributed by atoms with Crippen LogP contribution in [0.5, 0.6) is 11.5 Å². The Morgan fingerprint density at radius 2 is 2.00 bits per heavy atom. The second-order valence-corrected chi connectivity index (χ2v) is 4.90. The van der Waals surface area contributed by atoms with E-state index in [1.807, 2.05) is 6.07 Å². The highest BCUT2D eigenvalue weighted by atomic mass is 16.6. The van der Waals surface area contributed by atoms with Gasteiger partial charge in [-0.2, -0.15) is 5.26 Å². The van der Waals surface area contributed by atoms with Crippen LogP contribution in [0.2, 0.25) is 0 Å². The van der Waals surface area contributed by atoms with Gasteiger partial charge in [-0.05, 0) is 36.2 Å². The number of hydrogen-bond donors (Lipinski definition) is 0. The third-order valence-corrected chi connectivity index (χ3v) is 3.51. The summed E-state index contributed by atoms with van der Waals surface area (Å²) in [6.07, 6.45) is 1.12. The van der Waals surface area contributed by atoms with E-state index in [1.54, 1.807) is 18.2 Å². The van der Waals surface area contributed by atoms with Gasteiger partial charge in [-0.1, -0.05) is 0 Å². The van der Waals surface area contributed by atoms with Crippen LogP contribution < -0.4 is 4.74 Å². The SMILES string of the molecule is N#Cc1ccc([N+](=O)[O-])c(Oc2ccc3c(c2)CCC3=O)c1. The maximum absolute atomic E-state index is 11.6. The largest absolute Gasteiger partial charge is 0.450 e. The number of nitro benzene ring substituents is 1. The van der Waals surface area contributed by atoms with Crippen molar-refractivity contribution in [2.75, 3.05) is 0 Å². The highest BCUT2D eigenvalue weighted by Gasteiger charge is 2.21. The Morgan fingerprint density at radius 3 is 2.73 bits per heavy atom. The lowest BCUT2D eigenvalue weighted by atomic mass is 10.1. The fourth-order valence-electron chi connectivity index (χ4n) is 2.44. The Labute approximate surface area is 125 Å². The van der Waals surface area contributed by atoms with Crippen molar-refractivity contribution in [2.45, 2.75) is 12.8 Å². The van der Waals surface area contributed by atoms with Gasteiger partial charge in [0.15, 0.2) is 5.78 Å². The molecule has 0 fully saturated rings. The monoisotopic (exact) mass is 294 g/mol. The van der Waals surface area contributed by atoms with E-state index in [-0.39, 0.29) is 22.8 Å². The first-order chi connectivity index (χ1) is 10.6. The molecule has 0 amide bonds. The number of ether oxygens (including phenoxy) is 1. The molecule has 0 aliphatic heterocycles. The zero-order valence-electron chi connectivity index (χ0n) is 11.4. The van der Waals surface area contributed by atoms with E-state index in [0.29, 0.717) is 24.2 Å². The number of aryl methyl sites for hydroxylation is 1. The molecule has 0 atom stereocenters. The quantitative estimate of drug-likeness (QED) is 0.639.